The van der Waals surface area contributed by atoms with Gasteiger partial charge in [0.25, 0.3) is 0 Å². The molecule has 0 saturated carbocycles. The van der Waals surface area contributed by atoms with Crippen LogP contribution >= 0.6 is 0 Å². The third-order valence-electron chi connectivity index (χ3n) is 3.78. The van der Waals surface area contributed by atoms with Gasteiger partial charge in [-0.15, -0.1) is 0 Å². The van der Waals surface area contributed by atoms with Gasteiger partial charge in [-0.2, -0.15) is 0 Å². The van der Waals surface area contributed by atoms with Gasteiger partial charge in [0.2, 0.25) is 5.54 Å². The number of carboxylic acids is 1. The van der Waals surface area contributed by atoms with E-state index < -0.39 is 11.5 Å². The SMILES string of the molecule is C=N[C@@](C)(C(=O)O)C(=O)CCCCCCCCCCC. The van der Waals surface area contributed by atoms with Crippen LogP contribution in [0.4, 0.5) is 0 Å². The summed E-state index contributed by atoms with van der Waals surface area (Å²) in [6.07, 6.45) is 10.8. The highest BCUT2D eigenvalue weighted by molar-refractivity contribution is 6.07. The average Bonchev–Trinajstić information content (AvgIpc) is 2.44. The number of hydrogen-bond donors (Lipinski definition) is 1. The van der Waals surface area contributed by atoms with E-state index in [2.05, 4.69) is 18.6 Å². The number of rotatable bonds is 13. The number of aliphatic carboxylic acids is 1. The molecule has 4 heteroatoms. The monoisotopic (exact) mass is 283 g/mol. The molecule has 0 radical (unpaired) electrons. The second-order valence-electron chi connectivity index (χ2n) is 5.54. The van der Waals surface area contributed by atoms with Crippen molar-refractivity contribution in [1.29, 1.82) is 0 Å². The molecule has 0 saturated heterocycles. The molecule has 0 spiro atoms. The fraction of sp³-hybridized carbons (Fsp3) is 0.812. The van der Waals surface area contributed by atoms with Crippen LogP contribution in [0.15, 0.2) is 4.99 Å². The minimum atomic E-state index is -1.67. The zero-order valence-corrected chi connectivity index (χ0v) is 13.0. The molecule has 0 aliphatic carbocycles. The van der Waals surface area contributed by atoms with Crippen molar-refractivity contribution >= 4 is 18.5 Å². The first-order valence-corrected chi connectivity index (χ1v) is 7.73. The lowest BCUT2D eigenvalue weighted by Gasteiger charge is -2.17. The molecule has 0 rings (SSSR count). The van der Waals surface area contributed by atoms with Crippen LogP contribution in [0.2, 0.25) is 0 Å². The van der Waals surface area contributed by atoms with Gasteiger partial charge in [-0.25, -0.2) is 4.79 Å². The van der Waals surface area contributed by atoms with Gasteiger partial charge in [-0.05, 0) is 20.1 Å². The smallest absolute Gasteiger partial charge is 0.339 e. The van der Waals surface area contributed by atoms with Crippen LogP contribution in [0, 0.1) is 0 Å². The van der Waals surface area contributed by atoms with E-state index in [1.165, 1.54) is 45.4 Å². The van der Waals surface area contributed by atoms with Gasteiger partial charge in [0.1, 0.15) is 0 Å². The molecule has 0 amide bonds. The van der Waals surface area contributed by atoms with Crippen molar-refractivity contribution in [3.63, 3.8) is 0 Å². The van der Waals surface area contributed by atoms with Crippen molar-refractivity contribution in [2.75, 3.05) is 0 Å². The Hall–Kier alpha value is -1.19. The summed E-state index contributed by atoms with van der Waals surface area (Å²) >= 11 is 0. The van der Waals surface area contributed by atoms with Crippen molar-refractivity contribution in [3.05, 3.63) is 0 Å². The first-order valence-electron chi connectivity index (χ1n) is 7.73. The Morgan fingerprint density at radius 1 is 1.00 bits per heavy atom. The third-order valence-corrected chi connectivity index (χ3v) is 3.78. The Balaban J connectivity index is 3.67. The van der Waals surface area contributed by atoms with E-state index >= 15 is 0 Å². The molecular formula is C16H29NO3. The van der Waals surface area contributed by atoms with Gasteiger partial charge in [0.05, 0.1) is 0 Å². The van der Waals surface area contributed by atoms with Crippen LogP contribution < -0.4 is 0 Å². The fourth-order valence-electron chi connectivity index (χ4n) is 2.11. The number of carbonyl (C=O) groups is 2. The van der Waals surface area contributed by atoms with E-state index in [4.69, 9.17) is 5.11 Å². The Labute approximate surface area is 122 Å². The summed E-state index contributed by atoms with van der Waals surface area (Å²) in [6.45, 7) is 6.74. The molecule has 4 nitrogen and oxygen atoms in total. The van der Waals surface area contributed by atoms with Crippen molar-refractivity contribution in [2.24, 2.45) is 4.99 Å². The summed E-state index contributed by atoms with van der Waals surface area (Å²) in [6, 6.07) is 0. The van der Waals surface area contributed by atoms with Crippen molar-refractivity contribution in [1.82, 2.24) is 0 Å². The Morgan fingerprint density at radius 2 is 1.45 bits per heavy atom. The molecule has 0 aliphatic rings. The highest BCUT2D eigenvalue weighted by atomic mass is 16.4. The molecule has 0 unspecified atom stereocenters. The van der Waals surface area contributed by atoms with Crippen molar-refractivity contribution in [3.8, 4) is 0 Å². The second-order valence-corrected chi connectivity index (χ2v) is 5.54. The second kappa shape index (κ2) is 10.6. The van der Waals surface area contributed by atoms with Crippen LogP contribution in [0.3, 0.4) is 0 Å². The maximum Gasteiger partial charge on any atom is 0.339 e. The zero-order valence-electron chi connectivity index (χ0n) is 13.0. The van der Waals surface area contributed by atoms with E-state index in [1.54, 1.807) is 0 Å². The molecule has 0 bridgehead atoms. The minimum Gasteiger partial charge on any atom is -0.479 e. The van der Waals surface area contributed by atoms with E-state index in [9.17, 15) is 9.59 Å². The van der Waals surface area contributed by atoms with Gasteiger partial charge >= 0.3 is 5.97 Å². The van der Waals surface area contributed by atoms with Gasteiger partial charge in [-0.3, -0.25) is 9.79 Å². The van der Waals surface area contributed by atoms with Crippen LogP contribution in [0.25, 0.3) is 0 Å². The maximum absolute atomic E-state index is 11.8. The summed E-state index contributed by atoms with van der Waals surface area (Å²) in [5, 5.41) is 8.99. The largest absolute Gasteiger partial charge is 0.479 e. The van der Waals surface area contributed by atoms with Crippen LogP contribution in [-0.4, -0.2) is 29.1 Å². The molecule has 116 valence electrons. The summed E-state index contributed by atoms with van der Waals surface area (Å²) < 4.78 is 0. The van der Waals surface area contributed by atoms with Gasteiger partial charge < -0.3 is 5.11 Å². The lowest BCUT2D eigenvalue weighted by molar-refractivity contribution is -0.147. The lowest BCUT2D eigenvalue weighted by Crippen LogP contribution is -2.41. The average molecular weight is 283 g/mol. The van der Waals surface area contributed by atoms with Crippen molar-refractivity contribution in [2.45, 2.75) is 83.6 Å². The topological polar surface area (TPSA) is 66.7 Å². The molecule has 0 heterocycles. The van der Waals surface area contributed by atoms with Gasteiger partial charge in [0.15, 0.2) is 5.78 Å². The summed E-state index contributed by atoms with van der Waals surface area (Å²) in [5.74, 6) is -1.56. The van der Waals surface area contributed by atoms with Gasteiger partial charge in [0, 0.05) is 6.42 Å². The number of ketones is 1. The molecule has 0 aromatic carbocycles. The molecule has 20 heavy (non-hydrogen) atoms. The fourth-order valence-corrected chi connectivity index (χ4v) is 2.11. The molecule has 0 aliphatic heterocycles. The lowest BCUT2D eigenvalue weighted by atomic mass is 9.93. The predicted molar refractivity (Wildman–Crippen MR) is 82.4 cm³/mol. The van der Waals surface area contributed by atoms with E-state index in [0.717, 1.165) is 19.3 Å². The number of aliphatic imine (C=N–C) groups is 1. The quantitative estimate of drug-likeness (QED) is 0.315. The summed E-state index contributed by atoms with van der Waals surface area (Å²) in [7, 11) is 0. The van der Waals surface area contributed by atoms with Crippen molar-refractivity contribution < 1.29 is 14.7 Å². The number of carbonyl (C=O) groups excluding carboxylic acids is 1. The number of hydrogen-bond acceptors (Lipinski definition) is 3. The Bertz CT molecular complexity index is 315. The van der Waals surface area contributed by atoms with Crippen LogP contribution in [0.1, 0.15) is 78.1 Å². The zero-order chi connectivity index (χ0) is 15.4. The first kappa shape index (κ1) is 18.8. The minimum absolute atomic E-state index is 0.275. The number of Topliss-reactive ketones (excluding diaryl/α,β-unsaturated/α-hetero) is 1. The number of unbranched alkanes of at least 4 members (excludes halogenated alkanes) is 8. The molecule has 0 aromatic rings. The molecule has 1 atom stereocenters. The highest BCUT2D eigenvalue weighted by Crippen LogP contribution is 2.17. The van der Waals surface area contributed by atoms with Crippen LogP contribution in [0.5, 0.6) is 0 Å². The molecule has 0 fully saturated rings. The summed E-state index contributed by atoms with van der Waals surface area (Å²) in [5.41, 5.74) is -1.67. The van der Waals surface area contributed by atoms with E-state index in [0.29, 0.717) is 0 Å². The normalized spacial score (nSPS) is 13.7. The third kappa shape index (κ3) is 6.83. The van der Waals surface area contributed by atoms with E-state index in [-0.39, 0.29) is 12.2 Å². The molecule has 1 N–H and O–H groups in total. The maximum atomic E-state index is 11.8. The standard InChI is InChI=1S/C16H29NO3/c1-4-5-6-7-8-9-10-11-12-13-14(18)16(2,17-3)15(19)20/h3-13H2,1-2H3,(H,19,20)/t16-/m1/s1. The predicted octanol–water partition coefficient (Wildman–Crippen LogP) is 4.02. The molecular weight excluding hydrogens is 254 g/mol. The summed E-state index contributed by atoms with van der Waals surface area (Å²) in [4.78, 5) is 26.3. The van der Waals surface area contributed by atoms with Gasteiger partial charge in [-0.1, -0.05) is 58.3 Å². The number of nitrogens with zero attached hydrogens (tertiary/aromatic N) is 1. The molecule has 0 aromatic heterocycles. The number of carboxylic acid groups (broad SMARTS) is 1. The highest BCUT2D eigenvalue weighted by Gasteiger charge is 2.38. The van der Waals surface area contributed by atoms with Crippen LogP contribution in [-0.2, 0) is 9.59 Å². The Kier molecular flexibility index (Phi) is 9.95. The Morgan fingerprint density at radius 3 is 1.85 bits per heavy atom. The van der Waals surface area contributed by atoms with E-state index in [1.807, 2.05) is 0 Å². The first-order chi connectivity index (χ1) is 9.49.